The van der Waals surface area contributed by atoms with Gasteiger partial charge in [0.05, 0.1) is 17.3 Å². The number of thiazole rings is 1. The Morgan fingerprint density at radius 1 is 1.19 bits per heavy atom. The lowest BCUT2D eigenvalue weighted by atomic mass is 10.1. The van der Waals surface area contributed by atoms with E-state index in [1.807, 2.05) is 13.8 Å². The number of rotatable bonds is 5. The third-order valence-electron chi connectivity index (χ3n) is 4.70. The molecule has 0 bridgehead atoms. The smallest absolute Gasteiger partial charge is 0.298 e. The number of benzene rings is 1. The van der Waals surface area contributed by atoms with Crippen LogP contribution in [0.25, 0.3) is 11.0 Å². The number of amides is 1. The van der Waals surface area contributed by atoms with E-state index in [9.17, 15) is 18.0 Å². The van der Waals surface area contributed by atoms with Crippen molar-refractivity contribution >= 4 is 45.0 Å². The minimum Gasteiger partial charge on any atom is -0.298 e. The molecule has 0 radical (unpaired) electrons. The highest BCUT2D eigenvalue weighted by Crippen LogP contribution is 2.33. The number of anilines is 1. The summed E-state index contributed by atoms with van der Waals surface area (Å²) >= 11 is 7.23. The van der Waals surface area contributed by atoms with Gasteiger partial charge in [0.25, 0.3) is 5.91 Å². The molecular weight excluding hydrogens is 463 g/mol. The lowest BCUT2D eigenvalue weighted by molar-refractivity contribution is -0.137. The Balaban J connectivity index is 1.49. The fraction of sp³-hybridized carbons (Fsp3) is 0.238. The van der Waals surface area contributed by atoms with Gasteiger partial charge in [0.2, 0.25) is 0 Å². The molecule has 0 aliphatic rings. The first-order chi connectivity index (χ1) is 15.1. The summed E-state index contributed by atoms with van der Waals surface area (Å²) in [6.07, 6.45) is 0.338. The Morgan fingerprint density at radius 2 is 1.97 bits per heavy atom. The molecule has 0 spiro atoms. The highest BCUT2D eigenvalue weighted by Gasteiger charge is 2.31. The number of fused-ring (bicyclic) bond motifs is 1. The van der Waals surface area contributed by atoms with Crippen molar-refractivity contribution in [2.75, 3.05) is 5.32 Å². The molecule has 6 nitrogen and oxygen atoms in total. The van der Waals surface area contributed by atoms with E-state index in [0.29, 0.717) is 26.8 Å². The van der Waals surface area contributed by atoms with Crippen molar-refractivity contribution < 1.29 is 18.0 Å². The minimum atomic E-state index is -4.45. The van der Waals surface area contributed by atoms with E-state index in [0.717, 1.165) is 28.9 Å². The fourth-order valence-corrected chi connectivity index (χ4v) is 4.15. The number of aromatic nitrogens is 4. The molecule has 1 N–H and O–H groups in total. The molecule has 166 valence electrons. The van der Waals surface area contributed by atoms with Crippen LogP contribution < -0.4 is 5.32 Å². The number of carbonyl (C=O) groups is 1. The summed E-state index contributed by atoms with van der Waals surface area (Å²) in [6.45, 7) is 3.97. The second kappa shape index (κ2) is 8.51. The van der Waals surface area contributed by atoms with Gasteiger partial charge in [-0.1, -0.05) is 11.6 Å². The largest absolute Gasteiger partial charge is 0.416 e. The van der Waals surface area contributed by atoms with Gasteiger partial charge in [-0.15, -0.1) is 11.3 Å². The summed E-state index contributed by atoms with van der Waals surface area (Å²) in [7, 11) is 0. The van der Waals surface area contributed by atoms with Crippen LogP contribution in [0, 0.1) is 0 Å². The summed E-state index contributed by atoms with van der Waals surface area (Å²) in [4.78, 5) is 21.8. The van der Waals surface area contributed by atoms with E-state index in [1.54, 1.807) is 16.9 Å². The van der Waals surface area contributed by atoms with Gasteiger partial charge in [-0.05, 0) is 43.7 Å². The van der Waals surface area contributed by atoms with E-state index >= 15 is 0 Å². The van der Waals surface area contributed by atoms with Crippen molar-refractivity contribution in [2.45, 2.75) is 32.5 Å². The normalized spacial score (nSPS) is 12.0. The van der Waals surface area contributed by atoms with Gasteiger partial charge in [-0.25, -0.2) is 14.6 Å². The molecule has 1 amide bonds. The molecule has 0 saturated heterocycles. The molecule has 0 aliphatic heterocycles. The quantitative estimate of drug-likeness (QED) is 0.382. The zero-order valence-electron chi connectivity index (χ0n) is 16.9. The van der Waals surface area contributed by atoms with Crippen molar-refractivity contribution in [3.05, 3.63) is 69.4 Å². The highest BCUT2D eigenvalue weighted by atomic mass is 35.5. The summed E-state index contributed by atoms with van der Waals surface area (Å²) < 4.78 is 40.7. The molecule has 0 unspecified atom stereocenters. The number of carbonyl (C=O) groups excluding carboxylic acids is 1. The zero-order valence-corrected chi connectivity index (χ0v) is 18.5. The van der Waals surface area contributed by atoms with Crippen LogP contribution in [0.4, 0.5) is 18.3 Å². The average Bonchev–Trinajstić information content (AvgIpc) is 3.35. The highest BCUT2D eigenvalue weighted by molar-refractivity contribution is 7.15. The standard InChI is InChI=1S/C21H17ClF3N5OS/c1-11(2)30-18-13(9-28-30)5-14(8-26-18)19(31)29-20-27-10-16(32-20)7-12-6-15(21(23,24)25)3-4-17(12)22/h3-6,8-11H,7H2,1-2H3,(H,27,29,31). The van der Waals surface area contributed by atoms with Crippen LogP contribution in [0.15, 0.2) is 42.9 Å². The number of nitrogens with one attached hydrogen (secondary N) is 1. The van der Waals surface area contributed by atoms with Crippen molar-refractivity contribution in [3.8, 4) is 0 Å². The third-order valence-corrected chi connectivity index (χ3v) is 5.98. The van der Waals surface area contributed by atoms with Crippen LogP contribution in [0.3, 0.4) is 0 Å². The number of hydrogen-bond acceptors (Lipinski definition) is 5. The molecule has 3 heterocycles. The van der Waals surface area contributed by atoms with Crippen LogP contribution in [0.5, 0.6) is 0 Å². The molecule has 0 saturated carbocycles. The van der Waals surface area contributed by atoms with Gasteiger partial charge in [0, 0.05) is 40.1 Å². The van der Waals surface area contributed by atoms with Crippen LogP contribution in [0.2, 0.25) is 5.02 Å². The van der Waals surface area contributed by atoms with Gasteiger partial charge >= 0.3 is 6.18 Å². The summed E-state index contributed by atoms with van der Waals surface area (Å²) in [5, 5.41) is 8.28. The Morgan fingerprint density at radius 3 is 2.69 bits per heavy atom. The van der Waals surface area contributed by atoms with Crippen molar-refractivity contribution in [3.63, 3.8) is 0 Å². The fourth-order valence-electron chi connectivity index (χ4n) is 3.13. The topological polar surface area (TPSA) is 72.7 Å². The average molecular weight is 480 g/mol. The van der Waals surface area contributed by atoms with E-state index < -0.39 is 17.6 Å². The maximum atomic E-state index is 13.0. The lowest BCUT2D eigenvalue weighted by Crippen LogP contribution is -2.12. The predicted octanol–water partition coefficient (Wildman–Crippen LogP) is 5.98. The number of pyridine rings is 1. The van der Waals surface area contributed by atoms with Crippen molar-refractivity contribution in [1.82, 2.24) is 19.7 Å². The van der Waals surface area contributed by atoms with Crippen LogP contribution >= 0.6 is 22.9 Å². The van der Waals surface area contributed by atoms with Crippen molar-refractivity contribution in [2.24, 2.45) is 0 Å². The Kier molecular flexibility index (Phi) is 5.91. The van der Waals surface area contributed by atoms with E-state index in [-0.39, 0.29) is 17.5 Å². The van der Waals surface area contributed by atoms with Gasteiger partial charge in [0.15, 0.2) is 10.8 Å². The Bertz CT molecular complexity index is 1300. The van der Waals surface area contributed by atoms with E-state index in [4.69, 9.17) is 11.6 Å². The molecule has 1 aromatic carbocycles. The first kappa shape index (κ1) is 22.2. The maximum Gasteiger partial charge on any atom is 0.416 e. The molecule has 4 aromatic rings. The van der Waals surface area contributed by atoms with E-state index in [1.165, 1.54) is 18.5 Å². The van der Waals surface area contributed by atoms with Gasteiger partial charge in [-0.2, -0.15) is 18.3 Å². The molecular formula is C21H17ClF3N5OS. The molecule has 0 atom stereocenters. The van der Waals surface area contributed by atoms with E-state index in [2.05, 4.69) is 20.4 Å². The van der Waals surface area contributed by atoms with Gasteiger partial charge in [-0.3, -0.25) is 10.1 Å². The van der Waals surface area contributed by atoms with Gasteiger partial charge < -0.3 is 0 Å². The third kappa shape index (κ3) is 4.61. The van der Waals surface area contributed by atoms with Crippen LogP contribution in [0.1, 0.15) is 46.3 Å². The maximum absolute atomic E-state index is 13.0. The monoisotopic (exact) mass is 479 g/mol. The molecule has 0 aliphatic carbocycles. The second-order valence-corrected chi connectivity index (χ2v) is 8.91. The number of nitrogens with zero attached hydrogens (tertiary/aromatic N) is 4. The predicted molar refractivity (Wildman–Crippen MR) is 117 cm³/mol. The Hall–Kier alpha value is -2.98. The first-order valence-corrected chi connectivity index (χ1v) is 10.8. The van der Waals surface area contributed by atoms with Crippen LogP contribution in [-0.4, -0.2) is 25.7 Å². The zero-order chi connectivity index (χ0) is 23.0. The minimum absolute atomic E-state index is 0.138. The molecule has 0 fully saturated rings. The number of hydrogen-bond donors (Lipinski definition) is 1. The van der Waals surface area contributed by atoms with Crippen molar-refractivity contribution in [1.29, 1.82) is 0 Å². The SMILES string of the molecule is CC(C)n1ncc2cc(C(=O)Nc3ncc(Cc4cc(C(F)(F)F)ccc4Cl)s3)cnc21. The summed E-state index contributed by atoms with van der Waals surface area (Å²) in [5.74, 6) is -0.394. The molecule has 4 rings (SSSR count). The summed E-state index contributed by atoms with van der Waals surface area (Å²) in [6, 6.07) is 5.03. The number of halogens is 4. The molecule has 11 heteroatoms. The second-order valence-electron chi connectivity index (χ2n) is 7.39. The molecule has 32 heavy (non-hydrogen) atoms. The van der Waals surface area contributed by atoms with Crippen LogP contribution in [-0.2, 0) is 12.6 Å². The lowest BCUT2D eigenvalue weighted by Gasteiger charge is -2.09. The first-order valence-electron chi connectivity index (χ1n) is 9.57. The van der Waals surface area contributed by atoms with Gasteiger partial charge in [0.1, 0.15) is 0 Å². The summed E-state index contributed by atoms with van der Waals surface area (Å²) in [5.41, 5.74) is 0.600. The Labute approximate surface area is 190 Å². The number of alkyl halides is 3. The molecule has 3 aromatic heterocycles.